The molecule has 0 saturated heterocycles. The number of thiophene rings is 1. The van der Waals surface area contributed by atoms with Crippen LogP contribution in [-0.4, -0.2) is 12.5 Å². The van der Waals surface area contributed by atoms with Gasteiger partial charge in [-0.2, -0.15) is 0 Å². The highest BCUT2D eigenvalue weighted by Gasteiger charge is 2.01. The maximum atomic E-state index is 11.0. The Morgan fingerprint density at radius 1 is 1.29 bits per heavy atom. The molecule has 1 aromatic heterocycles. The summed E-state index contributed by atoms with van der Waals surface area (Å²) in [5.41, 5.74) is 6.18. The Morgan fingerprint density at radius 3 is 2.71 bits per heavy atom. The second-order valence-electron chi connectivity index (χ2n) is 4.27. The molecule has 0 aliphatic rings. The fourth-order valence-electron chi connectivity index (χ4n) is 1.65. The number of carbonyl (C=O) groups is 1. The lowest BCUT2D eigenvalue weighted by Crippen LogP contribution is -2.05. The maximum absolute atomic E-state index is 11.0. The predicted molar refractivity (Wildman–Crippen MR) is 90.6 cm³/mol. The standard InChI is InChI=1S/C16H16N2OS2/c1-12(19)18-13-4-6-14(7-5-13)20-11-16-9-8-15(21-16)3-2-10-17/h4-9H,10-11,17H2,1H3,(H,18,19). The zero-order chi connectivity index (χ0) is 15.1. The van der Waals surface area contributed by atoms with Crippen molar-refractivity contribution >= 4 is 34.7 Å². The van der Waals surface area contributed by atoms with Crippen molar-refractivity contribution in [2.24, 2.45) is 5.73 Å². The summed E-state index contributed by atoms with van der Waals surface area (Å²) in [6.45, 7) is 1.90. The number of rotatable bonds is 4. The lowest BCUT2D eigenvalue weighted by atomic mass is 10.3. The van der Waals surface area contributed by atoms with Crippen molar-refractivity contribution in [2.75, 3.05) is 11.9 Å². The van der Waals surface area contributed by atoms with E-state index >= 15 is 0 Å². The molecule has 1 amide bonds. The summed E-state index contributed by atoms with van der Waals surface area (Å²) in [6.07, 6.45) is 0. The summed E-state index contributed by atoms with van der Waals surface area (Å²) in [7, 11) is 0. The molecule has 3 nitrogen and oxygen atoms in total. The van der Waals surface area contributed by atoms with Crippen LogP contribution in [0.25, 0.3) is 0 Å². The zero-order valence-corrected chi connectivity index (χ0v) is 13.3. The van der Waals surface area contributed by atoms with Gasteiger partial charge in [-0.1, -0.05) is 11.8 Å². The van der Waals surface area contributed by atoms with Gasteiger partial charge < -0.3 is 11.1 Å². The van der Waals surface area contributed by atoms with E-state index in [-0.39, 0.29) is 5.91 Å². The maximum Gasteiger partial charge on any atom is 0.221 e. The summed E-state index contributed by atoms with van der Waals surface area (Å²) in [6, 6.07) is 12.0. The van der Waals surface area contributed by atoms with Crippen LogP contribution in [0.4, 0.5) is 5.69 Å². The number of hydrogen-bond acceptors (Lipinski definition) is 4. The van der Waals surface area contributed by atoms with E-state index in [0.717, 1.165) is 16.3 Å². The topological polar surface area (TPSA) is 55.1 Å². The first-order valence-electron chi connectivity index (χ1n) is 6.45. The fraction of sp³-hybridized carbons (Fsp3) is 0.188. The highest BCUT2D eigenvalue weighted by Crippen LogP contribution is 2.27. The first kappa shape index (κ1) is 15.6. The second kappa shape index (κ2) is 7.89. The highest BCUT2D eigenvalue weighted by molar-refractivity contribution is 7.98. The van der Waals surface area contributed by atoms with Gasteiger partial charge in [0.15, 0.2) is 0 Å². The highest BCUT2D eigenvalue weighted by atomic mass is 32.2. The van der Waals surface area contributed by atoms with Crippen LogP contribution in [0.15, 0.2) is 41.3 Å². The number of nitrogens with two attached hydrogens (primary N) is 1. The van der Waals surface area contributed by atoms with E-state index in [1.807, 2.05) is 30.3 Å². The summed E-state index contributed by atoms with van der Waals surface area (Å²) in [5, 5.41) is 2.76. The molecule has 3 N–H and O–H groups in total. The Labute approximate surface area is 132 Å². The molecule has 21 heavy (non-hydrogen) atoms. The molecule has 0 aliphatic carbocycles. The van der Waals surface area contributed by atoms with Crippen LogP contribution in [-0.2, 0) is 10.5 Å². The summed E-state index contributed by atoms with van der Waals surface area (Å²) in [4.78, 5) is 14.5. The zero-order valence-electron chi connectivity index (χ0n) is 11.7. The molecular formula is C16H16N2OS2. The molecule has 0 fully saturated rings. The van der Waals surface area contributed by atoms with Crippen molar-refractivity contribution < 1.29 is 4.79 Å². The molecule has 5 heteroatoms. The van der Waals surface area contributed by atoms with Crippen molar-refractivity contribution in [1.82, 2.24) is 0 Å². The van der Waals surface area contributed by atoms with Gasteiger partial charge in [0.2, 0.25) is 5.91 Å². The number of carbonyl (C=O) groups excluding carboxylic acids is 1. The Balaban J connectivity index is 1.90. The van der Waals surface area contributed by atoms with Gasteiger partial charge in [-0.05, 0) is 36.4 Å². The minimum atomic E-state index is -0.0555. The van der Waals surface area contributed by atoms with Crippen molar-refractivity contribution in [2.45, 2.75) is 17.6 Å². The summed E-state index contributed by atoms with van der Waals surface area (Å²) < 4.78 is 0. The van der Waals surface area contributed by atoms with Gasteiger partial charge in [-0.15, -0.1) is 23.1 Å². The Morgan fingerprint density at radius 2 is 2.05 bits per heavy atom. The minimum Gasteiger partial charge on any atom is -0.326 e. The van der Waals surface area contributed by atoms with Crippen LogP contribution in [0, 0.1) is 11.8 Å². The molecule has 0 radical (unpaired) electrons. The lowest BCUT2D eigenvalue weighted by molar-refractivity contribution is -0.114. The van der Waals surface area contributed by atoms with Crippen LogP contribution < -0.4 is 11.1 Å². The minimum absolute atomic E-state index is 0.0555. The summed E-state index contributed by atoms with van der Waals surface area (Å²) >= 11 is 3.46. The van der Waals surface area contributed by atoms with Crippen molar-refractivity contribution in [3.63, 3.8) is 0 Å². The third kappa shape index (κ3) is 5.27. The lowest BCUT2D eigenvalue weighted by Gasteiger charge is -2.03. The molecule has 0 unspecified atom stereocenters. The SMILES string of the molecule is CC(=O)Nc1ccc(SCc2ccc(C#CCN)s2)cc1. The van der Waals surface area contributed by atoms with Gasteiger partial charge in [-0.3, -0.25) is 4.79 Å². The first-order chi connectivity index (χ1) is 10.2. The molecule has 2 aromatic rings. The molecule has 0 saturated carbocycles. The molecule has 0 spiro atoms. The number of benzene rings is 1. The Bertz CT molecular complexity index is 666. The Hall–Kier alpha value is -1.74. The monoisotopic (exact) mass is 316 g/mol. The van der Waals surface area contributed by atoms with E-state index in [1.54, 1.807) is 23.1 Å². The smallest absolute Gasteiger partial charge is 0.221 e. The number of hydrogen-bond donors (Lipinski definition) is 2. The van der Waals surface area contributed by atoms with E-state index in [9.17, 15) is 4.79 Å². The van der Waals surface area contributed by atoms with Crippen LogP contribution in [0.1, 0.15) is 16.7 Å². The third-order valence-electron chi connectivity index (χ3n) is 2.53. The average molecular weight is 316 g/mol. The summed E-state index contributed by atoms with van der Waals surface area (Å²) in [5.74, 6) is 6.76. The third-order valence-corrected chi connectivity index (χ3v) is 4.78. The normalized spacial score (nSPS) is 9.81. The van der Waals surface area contributed by atoms with Crippen LogP contribution in [0.5, 0.6) is 0 Å². The van der Waals surface area contributed by atoms with Gasteiger partial charge in [0.05, 0.1) is 11.4 Å². The van der Waals surface area contributed by atoms with Gasteiger partial charge in [0.1, 0.15) is 0 Å². The predicted octanol–water partition coefficient (Wildman–Crippen LogP) is 3.31. The molecule has 1 heterocycles. The van der Waals surface area contributed by atoms with Gasteiger partial charge in [0.25, 0.3) is 0 Å². The van der Waals surface area contributed by atoms with E-state index in [4.69, 9.17) is 5.73 Å². The van der Waals surface area contributed by atoms with Crippen molar-refractivity contribution in [3.05, 3.63) is 46.2 Å². The molecule has 0 aliphatic heterocycles. The van der Waals surface area contributed by atoms with E-state index < -0.39 is 0 Å². The molecule has 0 atom stereocenters. The average Bonchev–Trinajstić information content (AvgIpc) is 2.92. The quantitative estimate of drug-likeness (QED) is 0.672. The molecule has 108 valence electrons. The van der Waals surface area contributed by atoms with Gasteiger partial charge in [0, 0.05) is 28.1 Å². The molecular weight excluding hydrogens is 300 g/mol. The molecule has 1 aromatic carbocycles. The van der Waals surface area contributed by atoms with Crippen LogP contribution >= 0.6 is 23.1 Å². The fourth-order valence-corrected chi connectivity index (χ4v) is 3.48. The van der Waals surface area contributed by atoms with Crippen molar-refractivity contribution in [3.8, 4) is 11.8 Å². The van der Waals surface area contributed by atoms with Gasteiger partial charge >= 0.3 is 0 Å². The molecule has 2 rings (SSSR count). The van der Waals surface area contributed by atoms with Crippen molar-refractivity contribution in [1.29, 1.82) is 0 Å². The molecule has 0 bridgehead atoms. The van der Waals surface area contributed by atoms with Crippen LogP contribution in [0.2, 0.25) is 0 Å². The second-order valence-corrected chi connectivity index (χ2v) is 6.48. The first-order valence-corrected chi connectivity index (χ1v) is 8.25. The number of thioether (sulfide) groups is 1. The van der Waals surface area contributed by atoms with E-state index in [0.29, 0.717) is 6.54 Å². The number of nitrogens with one attached hydrogen (secondary N) is 1. The largest absolute Gasteiger partial charge is 0.326 e. The van der Waals surface area contributed by atoms with E-state index in [1.165, 1.54) is 16.7 Å². The number of anilines is 1. The van der Waals surface area contributed by atoms with Crippen LogP contribution in [0.3, 0.4) is 0 Å². The van der Waals surface area contributed by atoms with E-state index in [2.05, 4.69) is 23.2 Å². The Kier molecular flexibility index (Phi) is 5.88. The van der Waals surface area contributed by atoms with Gasteiger partial charge in [-0.25, -0.2) is 0 Å². The number of amides is 1.